The number of imide groups is 1. The summed E-state index contributed by atoms with van der Waals surface area (Å²) in [6.45, 7) is -0.0286. The fraction of sp³-hybridized carbons (Fsp3) is 0.273. The Hall–Kier alpha value is -4.08. The number of carbonyl (C=O) groups excluding carboxylic acids is 3. The number of nitrogens with one attached hydrogen (secondary N) is 1. The van der Waals surface area contributed by atoms with Crippen LogP contribution in [0.3, 0.4) is 0 Å². The summed E-state index contributed by atoms with van der Waals surface area (Å²) in [4.78, 5) is 51.9. The van der Waals surface area contributed by atoms with Crippen LogP contribution in [0, 0.1) is 0 Å². The van der Waals surface area contributed by atoms with Gasteiger partial charge in [0.25, 0.3) is 11.8 Å². The zero-order valence-electron chi connectivity index (χ0n) is 17.4. The van der Waals surface area contributed by atoms with Gasteiger partial charge in [-0.2, -0.15) is 0 Å². The molecule has 0 saturated carbocycles. The highest BCUT2D eigenvalue weighted by Crippen LogP contribution is 2.32. The van der Waals surface area contributed by atoms with Crippen LogP contribution >= 0.6 is 0 Å². The lowest BCUT2D eigenvalue weighted by molar-refractivity contribution is -0.152. The van der Waals surface area contributed by atoms with E-state index < -0.39 is 35.9 Å². The fourth-order valence-electron chi connectivity index (χ4n) is 4.05. The van der Waals surface area contributed by atoms with Crippen LogP contribution in [0.15, 0.2) is 42.5 Å². The monoisotopic (exact) mass is 439 g/mol. The van der Waals surface area contributed by atoms with E-state index in [9.17, 15) is 19.2 Å². The van der Waals surface area contributed by atoms with Crippen molar-refractivity contribution in [3.05, 3.63) is 59.2 Å². The van der Waals surface area contributed by atoms with Crippen molar-refractivity contribution >= 4 is 23.8 Å². The topological polar surface area (TPSA) is 125 Å². The van der Waals surface area contributed by atoms with E-state index in [1.807, 2.05) is 0 Å². The highest BCUT2D eigenvalue weighted by atomic mass is 16.5. The summed E-state index contributed by atoms with van der Waals surface area (Å²) >= 11 is 0. The van der Waals surface area contributed by atoms with Gasteiger partial charge >= 0.3 is 6.09 Å². The Balaban J connectivity index is 1.59. The third-order valence-electron chi connectivity index (χ3n) is 5.70. The van der Waals surface area contributed by atoms with Gasteiger partial charge in [0.15, 0.2) is 0 Å². The minimum atomic E-state index is -1.36. The summed E-state index contributed by atoms with van der Waals surface area (Å²) in [6.07, 6.45) is -1.36. The number of carbonyl (C=O) groups is 4. The predicted molar refractivity (Wildman–Crippen MR) is 111 cm³/mol. The zero-order chi connectivity index (χ0) is 23.0. The molecule has 0 aromatic heterocycles. The maximum Gasteiger partial charge on any atom is 0.405 e. The number of hydrogen-bond acceptors (Lipinski definition) is 6. The third-order valence-corrected chi connectivity index (χ3v) is 5.70. The number of ether oxygens (including phenoxy) is 2. The first-order valence-corrected chi connectivity index (χ1v) is 9.81. The molecular weight excluding hydrogens is 418 g/mol. The molecule has 2 aliphatic heterocycles. The van der Waals surface area contributed by atoms with E-state index in [0.717, 1.165) is 4.90 Å². The molecule has 4 rings (SSSR count). The molecule has 0 unspecified atom stereocenters. The van der Waals surface area contributed by atoms with E-state index >= 15 is 0 Å². The average Bonchev–Trinajstić information content (AvgIpc) is 3.04. The SMILES string of the molecule is COc1ccc(CN2C(=O)[C@@H](NC(=O)O)[C@@H]2CN2C(=O)c3ccccc3C2=O)c(OC)c1. The lowest BCUT2D eigenvalue weighted by atomic mass is 9.93. The Morgan fingerprint density at radius 2 is 1.69 bits per heavy atom. The minimum absolute atomic E-state index is 0.109. The average molecular weight is 439 g/mol. The molecule has 2 aromatic rings. The first kappa shape index (κ1) is 21.2. The number of benzene rings is 2. The van der Waals surface area contributed by atoms with Gasteiger partial charge in [-0.3, -0.25) is 19.3 Å². The highest BCUT2D eigenvalue weighted by Gasteiger charge is 2.51. The summed E-state index contributed by atoms with van der Waals surface area (Å²) < 4.78 is 10.6. The molecule has 10 heteroatoms. The smallest absolute Gasteiger partial charge is 0.405 e. The van der Waals surface area contributed by atoms with Gasteiger partial charge in [-0.1, -0.05) is 12.1 Å². The summed E-state index contributed by atoms with van der Waals surface area (Å²) in [7, 11) is 3.01. The fourth-order valence-corrected chi connectivity index (χ4v) is 4.05. The molecule has 0 spiro atoms. The quantitative estimate of drug-likeness (QED) is 0.493. The molecule has 0 bridgehead atoms. The molecule has 1 saturated heterocycles. The summed E-state index contributed by atoms with van der Waals surface area (Å²) in [5, 5.41) is 11.3. The number of methoxy groups -OCH3 is 2. The van der Waals surface area contributed by atoms with Gasteiger partial charge in [-0.25, -0.2) is 4.79 Å². The van der Waals surface area contributed by atoms with E-state index in [1.54, 1.807) is 42.5 Å². The molecule has 1 fully saturated rings. The van der Waals surface area contributed by atoms with E-state index in [-0.39, 0.29) is 24.2 Å². The molecule has 0 aliphatic carbocycles. The second kappa shape index (κ2) is 8.22. The Labute approximate surface area is 183 Å². The molecule has 4 amide bonds. The predicted octanol–water partition coefficient (Wildman–Crippen LogP) is 1.35. The largest absolute Gasteiger partial charge is 0.497 e. The number of nitrogens with zero attached hydrogens (tertiary/aromatic N) is 2. The second-order valence-corrected chi connectivity index (χ2v) is 7.40. The lowest BCUT2D eigenvalue weighted by Crippen LogP contribution is -2.72. The Bertz CT molecular complexity index is 1080. The normalized spacial score (nSPS) is 19.5. The van der Waals surface area contributed by atoms with Crippen LogP contribution in [-0.2, 0) is 11.3 Å². The van der Waals surface area contributed by atoms with E-state index in [0.29, 0.717) is 17.1 Å². The van der Waals surface area contributed by atoms with Crippen molar-refractivity contribution in [2.24, 2.45) is 0 Å². The van der Waals surface area contributed by atoms with Gasteiger partial charge in [-0.05, 0) is 24.3 Å². The van der Waals surface area contributed by atoms with Crippen molar-refractivity contribution in [3.63, 3.8) is 0 Å². The van der Waals surface area contributed by atoms with Crippen LogP contribution in [0.5, 0.6) is 11.5 Å². The van der Waals surface area contributed by atoms with Crippen LogP contribution in [0.1, 0.15) is 26.3 Å². The van der Waals surface area contributed by atoms with Gasteiger partial charge in [0.05, 0.1) is 37.9 Å². The van der Waals surface area contributed by atoms with E-state index in [1.165, 1.54) is 19.1 Å². The van der Waals surface area contributed by atoms with Crippen LogP contribution < -0.4 is 14.8 Å². The zero-order valence-corrected chi connectivity index (χ0v) is 17.4. The van der Waals surface area contributed by atoms with Gasteiger partial charge in [0.2, 0.25) is 5.91 Å². The van der Waals surface area contributed by atoms with Crippen molar-refractivity contribution in [3.8, 4) is 11.5 Å². The maximum atomic E-state index is 12.8. The van der Waals surface area contributed by atoms with Crippen molar-refractivity contribution < 1.29 is 33.8 Å². The summed E-state index contributed by atoms with van der Waals surface area (Å²) in [6, 6.07) is 9.79. The number of likely N-dealkylation sites (tertiary alicyclic amines) is 1. The van der Waals surface area contributed by atoms with Crippen LogP contribution in [0.25, 0.3) is 0 Å². The number of amides is 4. The van der Waals surface area contributed by atoms with Crippen molar-refractivity contribution in [2.75, 3.05) is 20.8 Å². The second-order valence-electron chi connectivity index (χ2n) is 7.40. The maximum absolute atomic E-state index is 12.8. The standard InChI is InChI=1S/C22H21N3O7/c1-31-13-8-7-12(17(9-13)32-2)10-24-16(18(21(24)28)23-22(29)30)11-25-19(26)14-5-3-4-6-15(14)20(25)27/h3-9,16,18,23H,10-11H2,1-2H3,(H,29,30)/t16-,18-/m0/s1. The number of β-lactam (4-membered cyclic amide) rings is 1. The molecule has 0 radical (unpaired) electrons. The van der Waals surface area contributed by atoms with Crippen LogP contribution in [-0.4, -0.2) is 71.6 Å². The number of fused-ring (bicyclic) bond motifs is 1. The van der Waals surface area contributed by atoms with Gasteiger partial charge in [0, 0.05) is 18.2 Å². The highest BCUT2D eigenvalue weighted by molar-refractivity contribution is 6.21. The first-order valence-electron chi connectivity index (χ1n) is 9.81. The van der Waals surface area contributed by atoms with Gasteiger partial charge in [-0.15, -0.1) is 0 Å². The summed E-state index contributed by atoms with van der Waals surface area (Å²) in [5.74, 6) is -0.325. The minimum Gasteiger partial charge on any atom is -0.497 e. The third kappa shape index (κ3) is 3.49. The van der Waals surface area contributed by atoms with Crippen LogP contribution in [0.2, 0.25) is 0 Å². The molecular formula is C22H21N3O7. The van der Waals surface area contributed by atoms with E-state index in [4.69, 9.17) is 14.6 Å². The van der Waals surface area contributed by atoms with Gasteiger partial charge < -0.3 is 24.8 Å². The Morgan fingerprint density at radius 3 is 2.25 bits per heavy atom. The Kier molecular flexibility index (Phi) is 5.43. The van der Waals surface area contributed by atoms with Crippen molar-refractivity contribution in [1.29, 1.82) is 0 Å². The molecule has 2 atom stereocenters. The molecule has 10 nitrogen and oxygen atoms in total. The van der Waals surface area contributed by atoms with Crippen molar-refractivity contribution in [2.45, 2.75) is 18.6 Å². The molecule has 32 heavy (non-hydrogen) atoms. The number of hydrogen-bond donors (Lipinski definition) is 2. The van der Waals surface area contributed by atoms with E-state index in [2.05, 4.69) is 5.32 Å². The molecule has 2 heterocycles. The number of carboxylic acid groups (broad SMARTS) is 1. The first-order chi connectivity index (χ1) is 15.3. The Morgan fingerprint density at radius 1 is 1.03 bits per heavy atom. The molecule has 2 aromatic carbocycles. The van der Waals surface area contributed by atoms with Crippen molar-refractivity contribution in [1.82, 2.24) is 15.1 Å². The molecule has 2 N–H and O–H groups in total. The van der Waals surface area contributed by atoms with Gasteiger partial charge in [0.1, 0.15) is 17.5 Å². The lowest BCUT2D eigenvalue weighted by Gasteiger charge is -2.47. The molecule has 166 valence electrons. The number of rotatable bonds is 7. The van der Waals surface area contributed by atoms with Crippen LogP contribution in [0.4, 0.5) is 4.79 Å². The molecule has 2 aliphatic rings. The summed E-state index contributed by atoms with van der Waals surface area (Å²) in [5.41, 5.74) is 1.24.